The zero-order valence-corrected chi connectivity index (χ0v) is 11.4. The van der Waals surface area contributed by atoms with E-state index in [0.717, 1.165) is 25.2 Å². The van der Waals surface area contributed by atoms with E-state index < -0.39 is 0 Å². The highest BCUT2D eigenvalue weighted by Crippen LogP contribution is 2.21. The standard InChI is InChI=1S/C12H15ClN6/c1-18-3-2-11(8-18)19-7-10(6-16-19)17-12-14-4-9(13)5-15-12/h4-7,11H,2-3,8H2,1H3,(H,14,15,17). The minimum Gasteiger partial charge on any atom is -0.321 e. The second-order valence-corrected chi connectivity index (χ2v) is 5.20. The largest absolute Gasteiger partial charge is 0.321 e. The first-order chi connectivity index (χ1) is 9.20. The summed E-state index contributed by atoms with van der Waals surface area (Å²) < 4.78 is 2.00. The summed E-state index contributed by atoms with van der Waals surface area (Å²) in [6.45, 7) is 2.16. The van der Waals surface area contributed by atoms with Crippen LogP contribution in [0.2, 0.25) is 5.02 Å². The zero-order valence-electron chi connectivity index (χ0n) is 10.6. The number of likely N-dealkylation sites (tertiary alicyclic amines) is 1. The summed E-state index contributed by atoms with van der Waals surface area (Å²) in [5.41, 5.74) is 0.886. The van der Waals surface area contributed by atoms with Gasteiger partial charge < -0.3 is 10.2 Å². The van der Waals surface area contributed by atoms with Gasteiger partial charge in [-0.15, -0.1) is 0 Å². The Morgan fingerprint density at radius 2 is 2.11 bits per heavy atom. The van der Waals surface area contributed by atoms with Crippen molar-refractivity contribution in [1.29, 1.82) is 0 Å². The molecule has 1 atom stereocenters. The Kier molecular flexibility index (Phi) is 3.35. The van der Waals surface area contributed by atoms with Gasteiger partial charge in [-0.25, -0.2) is 9.97 Å². The Bertz CT molecular complexity index is 552. The highest BCUT2D eigenvalue weighted by molar-refractivity contribution is 6.30. The monoisotopic (exact) mass is 278 g/mol. The predicted molar refractivity (Wildman–Crippen MR) is 73.7 cm³/mol. The number of nitrogens with zero attached hydrogens (tertiary/aromatic N) is 5. The van der Waals surface area contributed by atoms with E-state index >= 15 is 0 Å². The minimum atomic E-state index is 0.451. The number of hydrogen-bond acceptors (Lipinski definition) is 5. The minimum absolute atomic E-state index is 0.451. The van der Waals surface area contributed by atoms with E-state index in [4.69, 9.17) is 11.6 Å². The maximum Gasteiger partial charge on any atom is 0.227 e. The van der Waals surface area contributed by atoms with Crippen molar-refractivity contribution in [2.75, 3.05) is 25.5 Å². The average molecular weight is 279 g/mol. The Balaban J connectivity index is 1.69. The Morgan fingerprint density at radius 3 is 2.79 bits per heavy atom. The fourth-order valence-corrected chi connectivity index (χ4v) is 2.33. The van der Waals surface area contributed by atoms with Crippen LogP contribution in [-0.2, 0) is 0 Å². The quantitative estimate of drug-likeness (QED) is 0.930. The van der Waals surface area contributed by atoms with Crippen LogP contribution >= 0.6 is 11.6 Å². The number of anilines is 2. The molecule has 0 radical (unpaired) electrons. The summed E-state index contributed by atoms with van der Waals surface area (Å²) in [5, 5.41) is 8.02. The molecular formula is C12H15ClN6. The summed E-state index contributed by atoms with van der Waals surface area (Å²) in [6.07, 6.45) is 8.04. The van der Waals surface area contributed by atoms with Gasteiger partial charge in [0.2, 0.25) is 5.95 Å². The molecule has 0 amide bonds. The maximum atomic E-state index is 5.74. The van der Waals surface area contributed by atoms with E-state index in [1.165, 1.54) is 0 Å². The van der Waals surface area contributed by atoms with E-state index in [-0.39, 0.29) is 0 Å². The lowest BCUT2D eigenvalue weighted by molar-refractivity contribution is 0.382. The number of rotatable bonds is 3. The first-order valence-electron chi connectivity index (χ1n) is 6.18. The van der Waals surface area contributed by atoms with Crippen molar-refractivity contribution in [3.8, 4) is 0 Å². The van der Waals surface area contributed by atoms with Crippen LogP contribution in [0.15, 0.2) is 24.8 Å². The number of likely N-dealkylation sites (N-methyl/N-ethyl adjacent to an activating group) is 1. The molecule has 0 aliphatic carbocycles. The molecular weight excluding hydrogens is 264 g/mol. The van der Waals surface area contributed by atoms with Crippen LogP contribution < -0.4 is 5.32 Å². The molecule has 2 aromatic heterocycles. The van der Waals surface area contributed by atoms with E-state index in [1.807, 2.05) is 10.9 Å². The smallest absolute Gasteiger partial charge is 0.227 e. The van der Waals surface area contributed by atoms with Gasteiger partial charge >= 0.3 is 0 Å². The molecule has 0 aromatic carbocycles. The molecule has 7 heteroatoms. The van der Waals surface area contributed by atoms with E-state index in [2.05, 4.69) is 32.3 Å². The molecule has 2 aromatic rings. The molecule has 100 valence electrons. The van der Waals surface area contributed by atoms with Crippen LogP contribution in [0.1, 0.15) is 12.5 Å². The van der Waals surface area contributed by atoms with Gasteiger partial charge in [0.25, 0.3) is 0 Å². The van der Waals surface area contributed by atoms with Crippen LogP contribution in [0.3, 0.4) is 0 Å². The molecule has 3 rings (SSSR count). The van der Waals surface area contributed by atoms with Gasteiger partial charge in [-0.1, -0.05) is 11.6 Å². The molecule has 3 heterocycles. The molecule has 1 aliphatic rings. The molecule has 19 heavy (non-hydrogen) atoms. The fraction of sp³-hybridized carbons (Fsp3) is 0.417. The van der Waals surface area contributed by atoms with Gasteiger partial charge in [-0.05, 0) is 20.0 Å². The normalized spacial score (nSPS) is 19.8. The molecule has 1 unspecified atom stereocenters. The van der Waals surface area contributed by atoms with Crippen molar-refractivity contribution in [1.82, 2.24) is 24.6 Å². The molecule has 1 fully saturated rings. The van der Waals surface area contributed by atoms with Crippen LogP contribution in [-0.4, -0.2) is 44.8 Å². The first kappa shape index (κ1) is 12.4. The van der Waals surface area contributed by atoms with Crippen LogP contribution in [0.4, 0.5) is 11.6 Å². The Morgan fingerprint density at radius 1 is 1.32 bits per heavy atom. The summed E-state index contributed by atoms with van der Waals surface area (Å²) in [7, 11) is 2.13. The summed E-state index contributed by atoms with van der Waals surface area (Å²) >= 11 is 5.74. The lowest BCUT2D eigenvalue weighted by atomic mass is 10.3. The molecule has 0 spiro atoms. The number of nitrogens with one attached hydrogen (secondary N) is 1. The molecule has 1 aliphatic heterocycles. The van der Waals surface area contributed by atoms with Gasteiger partial charge in [-0.2, -0.15) is 5.10 Å². The molecule has 0 saturated carbocycles. The van der Waals surface area contributed by atoms with Crippen molar-refractivity contribution in [3.05, 3.63) is 29.8 Å². The predicted octanol–water partition coefficient (Wildman–Crippen LogP) is 1.95. The van der Waals surface area contributed by atoms with Crippen molar-refractivity contribution < 1.29 is 0 Å². The summed E-state index contributed by atoms with van der Waals surface area (Å²) in [6, 6.07) is 0.451. The van der Waals surface area contributed by atoms with Gasteiger partial charge in [0.15, 0.2) is 0 Å². The van der Waals surface area contributed by atoms with Crippen LogP contribution in [0.5, 0.6) is 0 Å². The van der Waals surface area contributed by atoms with Crippen LogP contribution in [0, 0.1) is 0 Å². The van der Waals surface area contributed by atoms with Crippen molar-refractivity contribution in [3.63, 3.8) is 0 Å². The third-order valence-corrected chi connectivity index (χ3v) is 3.41. The molecule has 1 saturated heterocycles. The Hall–Kier alpha value is -1.66. The Labute approximate surface area is 116 Å². The average Bonchev–Trinajstić information content (AvgIpc) is 3.01. The number of hydrogen-bond donors (Lipinski definition) is 1. The summed E-state index contributed by atoms with van der Waals surface area (Å²) in [4.78, 5) is 10.5. The fourth-order valence-electron chi connectivity index (χ4n) is 2.24. The van der Waals surface area contributed by atoms with Crippen molar-refractivity contribution in [2.45, 2.75) is 12.5 Å². The van der Waals surface area contributed by atoms with E-state index in [9.17, 15) is 0 Å². The maximum absolute atomic E-state index is 5.74. The van der Waals surface area contributed by atoms with Crippen LogP contribution in [0.25, 0.3) is 0 Å². The number of halogens is 1. The lowest BCUT2D eigenvalue weighted by Crippen LogP contribution is -2.16. The molecule has 0 bridgehead atoms. The van der Waals surface area contributed by atoms with Gasteiger partial charge in [0, 0.05) is 12.7 Å². The topological polar surface area (TPSA) is 58.9 Å². The van der Waals surface area contributed by atoms with Gasteiger partial charge in [-0.3, -0.25) is 4.68 Å². The third kappa shape index (κ3) is 2.85. The summed E-state index contributed by atoms with van der Waals surface area (Å²) in [5.74, 6) is 0.521. The van der Waals surface area contributed by atoms with Gasteiger partial charge in [0.1, 0.15) is 0 Å². The number of aromatic nitrogens is 4. The second kappa shape index (κ2) is 5.14. The van der Waals surface area contributed by atoms with Crippen molar-refractivity contribution >= 4 is 23.2 Å². The third-order valence-electron chi connectivity index (χ3n) is 3.22. The van der Waals surface area contributed by atoms with Crippen molar-refractivity contribution in [2.24, 2.45) is 0 Å². The highest BCUT2D eigenvalue weighted by atomic mass is 35.5. The SMILES string of the molecule is CN1CCC(n2cc(Nc3ncc(Cl)cn3)cn2)C1. The van der Waals surface area contributed by atoms with E-state index in [1.54, 1.807) is 18.6 Å². The highest BCUT2D eigenvalue weighted by Gasteiger charge is 2.21. The van der Waals surface area contributed by atoms with Gasteiger partial charge in [0.05, 0.1) is 35.3 Å². The zero-order chi connectivity index (χ0) is 13.2. The molecule has 6 nitrogen and oxygen atoms in total. The first-order valence-corrected chi connectivity index (χ1v) is 6.56. The second-order valence-electron chi connectivity index (χ2n) is 4.76. The lowest BCUT2D eigenvalue weighted by Gasteiger charge is -2.10. The van der Waals surface area contributed by atoms with E-state index in [0.29, 0.717) is 17.0 Å². The molecule has 1 N–H and O–H groups in total.